The maximum absolute atomic E-state index is 11.7. The highest BCUT2D eigenvalue weighted by atomic mass is 79.9. The molecule has 0 aliphatic heterocycles. The number of hydrogen-bond donors (Lipinski definition) is 1. The Morgan fingerprint density at radius 2 is 2.04 bits per heavy atom. The minimum Gasteiger partial charge on any atom is -0.355 e. The average Bonchev–Trinajstić information content (AvgIpc) is 2.91. The monoisotopic (exact) mass is 381 g/mol. The van der Waals surface area contributed by atoms with Crippen molar-refractivity contribution in [3.8, 4) is 6.07 Å². The quantitative estimate of drug-likeness (QED) is 0.750. The summed E-state index contributed by atoms with van der Waals surface area (Å²) in [4.78, 5) is 11.7. The maximum atomic E-state index is 11.7. The molecule has 0 saturated heterocycles. The number of nitriles is 1. The number of halogens is 1. The van der Waals surface area contributed by atoms with Crippen molar-refractivity contribution in [2.24, 2.45) is 7.05 Å². The van der Waals surface area contributed by atoms with E-state index >= 15 is 0 Å². The smallest absolute Gasteiger partial charge is 0.251 e. The van der Waals surface area contributed by atoms with E-state index in [1.54, 1.807) is 7.05 Å². The van der Waals surface area contributed by atoms with Gasteiger partial charge in [-0.25, -0.2) is 0 Å². The predicted octanol–water partition coefficient (Wildman–Crippen LogP) is 3.76. The van der Waals surface area contributed by atoms with Gasteiger partial charge in [0, 0.05) is 47.7 Å². The van der Waals surface area contributed by atoms with Gasteiger partial charge in [0.25, 0.3) is 5.91 Å². The number of rotatable bonds is 3. The Bertz CT molecular complexity index is 982. The lowest BCUT2D eigenvalue weighted by Gasteiger charge is -2.07. The number of nitrogens with one attached hydrogen (secondary N) is 1. The molecular weight excluding hydrogens is 366 g/mol. The van der Waals surface area contributed by atoms with Gasteiger partial charge in [-0.3, -0.25) is 4.79 Å². The van der Waals surface area contributed by atoms with Crippen molar-refractivity contribution in [1.82, 2.24) is 9.88 Å². The van der Waals surface area contributed by atoms with Crippen molar-refractivity contribution in [2.75, 3.05) is 7.05 Å². The number of aromatic nitrogens is 1. The van der Waals surface area contributed by atoms with Gasteiger partial charge in [-0.15, -0.1) is 0 Å². The molecule has 3 aromatic rings. The minimum absolute atomic E-state index is 0.101. The fourth-order valence-corrected chi connectivity index (χ4v) is 3.38. The molecule has 2 aromatic carbocycles. The van der Waals surface area contributed by atoms with Crippen LogP contribution in [-0.4, -0.2) is 17.5 Å². The Hall–Kier alpha value is -2.58. The van der Waals surface area contributed by atoms with E-state index in [1.807, 2.05) is 48.0 Å². The van der Waals surface area contributed by atoms with Crippen LogP contribution in [0.25, 0.3) is 10.9 Å². The molecule has 0 bridgehead atoms. The van der Waals surface area contributed by atoms with Gasteiger partial charge < -0.3 is 9.88 Å². The summed E-state index contributed by atoms with van der Waals surface area (Å²) in [5.74, 6) is -0.101. The molecule has 5 heteroatoms. The van der Waals surface area contributed by atoms with Gasteiger partial charge in [0.05, 0.1) is 11.6 Å². The zero-order chi connectivity index (χ0) is 17.3. The lowest BCUT2D eigenvalue weighted by Crippen LogP contribution is -2.17. The van der Waals surface area contributed by atoms with Crippen LogP contribution < -0.4 is 5.32 Å². The molecule has 0 fully saturated rings. The van der Waals surface area contributed by atoms with Gasteiger partial charge in [0.2, 0.25) is 0 Å². The number of nitrogens with zero attached hydrogens (tertiary/aromatic N) is 2. The van der Waals surface area contributed by atoms with Gasteiger partial charge >= 0.3 is 0 Å². The van der Waals surface area contributed by atoms with Crippen molar-refractivity contribution in [3.05, 3.63) is 69.3 Å². The second-order valence-electron chi connectivity index (χ2n) is 5.67. The first kappa shape index (κ1) is 16.3. The van der Waals surface area contributed by atoms with Crippen LogP contribution in [0.4, 0.5) is 0 Å². The van der Waals surface area contributed by atoms with Crippen molar-refractivity contribution in [2.45, 2.75) is 6.42 Å². The fourth-order valence-electron chi connectivity index (χ4n) is 2.86. The van der Waals surface area contributed by atoms with Crippen LogP contribution in [0.2, 0.25) is 0 Å². The molecule has 0 aliphatic rings. The summed E-state index contributed by atoms with van der Waals surface area (Å²) in [6.07, 6.45) is 2.84. The molecule has 1 heterocycles. The van der Waals surface area contributed by atoms with Crippen LogP contribution in [-0.2, 0) is 13.5 Å². The van der Waals surface area contributed by atoms with Crippen LogP contribution in [0.1, 0.15) is 27.0 Å². The molecule has 3 rings (SSSR count). The highest BCUT2D eigenvalue weighted by Crippen LogP contribution is 2.27. The molecule has 1 aromatic heterocycles. The molecule has 1 amide bonds. The molecule has 120 valence electrons. The molecule has 4 nitrogen and oxygen atoms in total. The first-order chi connectivity index (χ1) is 11.5. The number of aryl methyl sites for hydroxylation is 1. The summed E-state index contributed by atoms with van der Waals surface area (Å²) in [5, 5.41) is 12.8. The summed E-state index contributed by atoms with van der Waals surface area (Å²) in [5.41, 5.74) is 4.63. The second kappa shape index (κ2) is 6.50. The minimum atomic E-state index is -0.101. The van der Waals surface area contributed by atoms with Gasteiger partial charge in [-0.05, 0) is 35.4 Å². The summed E-state index contributed by atoms with van der Waals surface area (Å²) in [6, 6.07) is 13.6. The Kier molecular flexibility index (Phi) is 4.41. The Morgan fingerprint density at radius 1 is 1.25 bits per heavy atom. The van der Waals surface area contributed by atoms with Gasteiger partial charge in [0.15, 0.2) is 0 Å². The molecular formula is C19H16BrN3O. The maximum Gasteiger partial charge on any atom is 0.251 e. The highest BCUT2D eigenvalue weighted by Gasteiger charge is 2.11. The first-order valence-electron chi connectivity index (χ1n) is 7.52. The van der Waals surface area contributed by atoms with Crippen molar-refractivity contribution in [1.29, 1.82) is 5.26 Å². The van der Waals surface area contributed by atoms with E-state index in [2.05, 4.69) is 33.5 Å². The number of hydrogen-bond acceptors (Lipinski definition) is 2. The van der Waals surface area contributed by atoms with E-state index in [-0.39, 0.29) is 5.91 Å². The van der Waals surface area contributed by atoms with Crippen molar-refractivity contribution >= 4 is 32.7 Å². The second-order valence-corrected chi connectivity index (χ2v) is 6.53. The molecule has 0 spiro atoms. The van der Waals surface area contributed by atoms with Crippen LogP contribution in [0.15, 0.2) is 47.1 Å². The van der Waals surface area contributed by atoms with Gasteiger partial charge in [-0.2, -0.15) is 5.26 Å². The van der Waals surface area contributed by atoms with Crippen molar-refractivity contribution < 1.29 is 4.79 Å². The molecule has 0 saturated carbocycles. The van der Waals surface area contributed by atoms with Gasteiger partial charge in [-0.1, -0.05) is 28.1 Å². The summed E-state index contributed by atoms with van der Waals surface area (Å²) >= 11 is 3.57. The first-order valence-corrected chi connectivity index (χ1v) is 8.31. The number of carbonyl (C=O) groups is 1. The van der Waals surface area contributed by atoms with E-state index < -0.39 is 0 Å². The molecule has 1 N–H and O–H groups in total. The number of fused-ring (bicyclic) bond motifs is 1. The number of amides is 1. The SMILES string of the molecule is CNC(=O)c1ccc(Cc2cn(C)c3cc(C#N)ccc23)c(Br)c1. The number of carbonyl (C=O) groups excluding carboxylic acids is 1. The Morgan fingerprint density at radius 3 is 2.71 bits per heavy atom. The average molecular weight is 382 g/mol. The van der Waals surface area contributed by atoms with E-state index in [4.69, 9.17) is 5.26 Å². The third-order valence-electron chi connectivity index (χ3n) is 4.13. The number of benzene rings is 2. The van der Waals surface area contributed by atoms with E-state index in [9.17, 15) is 4.79 Å². The summed E-state index contributed by atoms with van der Waals surface area (Å²) < 4.78 is 2.95. The fraction of sp³-hybridized carbons (Fsp3) is 0.158. The zero-order valence-electron chi connectivity index (χ0n) is 13.4. The van der Waals surface area contributed by atoms with Gasteiger partial charge in [0.1, 0.15) is 0 Å². The van der Waals surface area contributed by atoms with Crippen molar-refractivity contribution in [3.63, 3.8) is 0 Å². The molecule has 0 radical (unpaired) electrons. The molecule has 0 atom stereocenters. The predicted molar refractivity (Wildman–Crippen MR) is 98.0 cm³/mol. The topological polar surface area (TPSA) is 57.8 Å². The molecule has 24 heavy (non-hydrogen) atoms. The van der Waals surface area contributed by atoms with Crippen LogP contribution >= 0.6 is 15.9 Å². The van der Waals surface area contributed by atoms with E-state index in [0.717, 1.165) is 27.4 Å². The van der Waals surface area contributed by atoms with Crippen LogP contribution in [0, 0.1) is 11.3 Å². The third kappa shape index (κ3) is 2.93. The normalized spacial score (nSPS) is 10.6. The lowest BCUT2D eigenvalue weighted by molar-refractivity contribution is 0.0963. The zero-order valence-corrected chi connectivity index (χ0v) is 15.0. The van der Waals surface area contributed by atoms with Crippen LogP contribution in [0.3, 0.4) is 0 Å². The summed E-state index contributed by atoms with van der Waals surface area (Å²) in [6.45, 7) is 0. The third-order valence-corrected chi connectivity index (χ3v) is 4.86. The lowest BCUT2D eigenvalue weighted by atomic mass is 10.0. The Labute approximate surface area is 148 Å². The van der Waals surface area contributed by atoms with E-state index in [0.29, 0.717) is 11.1 Å². The summed E-state index contributed by atoms with van der Waals surface area (Å²) in [7, 11) is 3.60. The standard InChI is InChI=1S/C19H16BrN3O/c1-22-19(24)14-5-4-13(17(20)9-14)8-15-11-23(2)18-7-12(10-21)3-6-16(15)18/h3-7,9,11H,8H2,1-2H3,(H,22,24). The van der Waals surface area contributed by atoms with E-state index in [1.165, 1.54) is 5.56 Å². The highest BCUT2D eigenvalue weighted by molar-refractivity contribution is 9.10. The van der Waals surface area contributed by atoms with Crippen LogP contribution in [0.5, 0.6) is 0 Å². The Balaban J connectivity index is 1.99. The molecule has 0 unspecified atom stereocenters. The largest absolute Gasteiger partial charge is 0.355 e. The molecule has 0 aliphatic carbocycles.